The highest BCUT2D eigenvalue weighted by molar-refractivity contribution is 4.74. The molecule has 4 nitrogen and oxygen atoms in total. The Balaban J connectivity index is 3.58. The molecule has 0 amide bonds. The first-order valence-corrected chi connectivity index (χ1v) is 2.55. The van der Waals surface area contributed by atoms with E-state index in [-0.39, 0.29) is 0 Å². The summed E-state index contributed by atoms with van der Waals surface area (Å²) >= 11 is 0. The van der Waals surface area contributed by atoms with Gasteiger partial charge in [-0.25, -0.2) is 0 Å². The molecule has 0 aromatic rings. The second-order valence-corrected chi connectivity index (χ2v) is 1.68. The van der Waals surface area contributed by atoms with Gasteiger partial charge in [0.05, 0.1) is 0 Å². The summed E-state index contributed by atoms with van der Waals surface area (Å²) in [5.41, 5.74) is 10.8. The number of nitrogens with two attached hydrogens (primary N) is 2. The zero-order valence-corrected chi connectivity index (χ0v) is 5.36. The van der Waals surface area contributed by atoms with Crippen LogP contribution in [0.15, 0.2) is 0 Å². The molecule has 8 heavy (non-hydrogen) atoms. The lowest BCUT2D eigenvalue weighted by molar-refractivity contribution is 0.317. The topological polar surface area (TPSA) is 76.1 Å². The Morgan fingerprint density at radius 1 is 1.38 bits per heavy atom. The van der Waals surface area contributed by atoms with Crippen LogP contribution in [0.25, 0.3) is 0 Å². The van der Waals surface area contributed by atoms with E-state index < -0.39 is 5.79 Å². The van der Waals surface area contributed by atoms with Crippen molar-refractivity contribution in [3.05, 3.63) is 0 Å². The lowest BCUT2D eigenvalue weighted by atomic mass is 10.4. The van der Waals surface area contributed by atoms with E-state index in [1.165, 1.54) is 0 Å². The van der Waals surface area contributed by atoms with Crippen molar-refractivity contribution in [3.63, 3.8) is 0 Å². The standard InChI is InChI=1S/C4H14N4/c1-7-4(6,3-5)8-2/h7-8H,3,5-6H2,1-2H3. The minimum atomic E-state index is -0.597. The Labute approximate surface area is 49.6 Å². The first-order valence-electron chi connectivity index (χ1n) is 2.55. The van der Waals surface area contributed by atoms with E-state index in [0.717, 1.165) is 0 Å². The van der Waals surface area contributed by atoms with Crippen LogP contribution >= 0.6 is 0 Å². The van der Waals surface area contributed by atoms with Gasteiger partial charge in [-0.1, -0.05) is 0 Å². The van der Waals surface area contributed by atoms with E-state index in [1.54, 1.807) is 14.1 Å². The third-order valence-electron chi connectivity index (χ3n) is 1.21. The third kappa shape index (κ3) is 1.75. The third-order valence-corrected chi connectivity index (χ3v) is 1.21. The van der Waals surface area contributed by atoms with Gasteiger partial charge in [0.15, 0.2) is 0 Å². The molecular weight excluding hydrogens is 104 g/mol. The molecule has 0 radical (unpaired) electrons. The predicted octanol–water partition coefficient (Wildman–Crippen LogP) is -2.00. The number of hydrogen-bond donors (Lipinski definition) is 4. The molecule has 0 saturated heterocycles. The minimum Gasteiger partial charge on any atom is -0.326 e. The average Bonchev–Trinajstić information content (AvgIpc) is 1.87. The van der Waals surface area contributed by atoms with Crippen LogP contribution in [0.2, 0.25) is 0 Å². The molecule has 0 rings (SSSR count). The lowest BCUT2D eigenvalue weighted by Gasteiger charge is -2.25. The van der Waals surface area contributed by atoms with Crippen LogP contribution in [0.5, 0.6) is 0 Å². The highest BCUT2D eigenvalue weighted by atomic mass is 15.3. The first kappa shape index (κ1) is 7.84. The van der Waals surface area contributed by atoms with Gasteiger partial charge in [0.2, 0.25) is 0 Å². The van der Waals surface area contributed by atoms with Gasteiger partial charge in [-0.05, 0) is 14.1 Å². The summed E-state index contributed by atoms with van der Waals surface area (Å²) in [5, 5.41) is 5.64. The maximum absolute atomic E-state index is 5.55. The summed E-state index contributed by atoms with van der Waals surface area (Å²) in [5.74, 6) is -0.597. The zero-order chi connectivity index (χ0) is 6.62. The van der Waals surface area contributed by atoms with Crippen molar-refractivity contribution >= 4 is 0 Å². The fraction of sp³-hybridized carbons (Fsp3) is 1.00. The zero-order valence-electron chi connectivity index (χ0n) is 5.36. The number of likely N-dealkylation sites (N-methyl/N-ethyl adjacent to an activating group) is 2. The fourth-order valence-corrected chi connectivity index (χ4v) is 0.329. The molecule has 0 aliphatic carbocycles. The van der Waals surface area contributed by atoms with Crippen LogP contribution in [0.3, 0.4) is 0 Å². The lowest BCUT2D eigenvalue weighted by Crippen LogP contribution is -2.66. The van der Waals surface area contributed by atoms with Crippen molar-refractivity contribution in [3.8, 4) is 0 Å². The molecule has 0 aromatic heterocycles. The van der Waals surface area contributed by atoms with Crippen molar-refractivity contribution in [2.24, 2.45) is 11.5 Å². The number of nitrogens with one attached hydrogen (secondary N) is 2. The molecule has 0 aliphatic heterocycles. The van der Waals surface area contributed by atoms with Crippen molar-refractivity contribution in [1.29, 1.82) is 0 Å². The normalized spacial score (nSPS) is 12.0. The van der Waals surface area contributed by atoms with E-state index in [1.807, 2.05) is 0 Å². The van der Waals surface area contributed by atoms with Gasteiger partial charge in [0, 0.05) is 6.54 Å². The van der Waals surface area contributed by atoms with Crippen molar-refractivity contribution in [1.82, 2.24) is 10.6 Å². The summed E-state index contributed by atoms with van der Waals surface area (Å²) in [6, 6.07) is 0. The second kappa shape index (κ2) is 2.99. The van der Waals surface area contributed by atoms with Crippen molar-refractivity contribution in [2.45, 2.75) is 5.79 Å². The van der Waals surface area contributed by atoms with Crippen LogP contribution in [0.4, 0.5) is 0 Å². The van der Waals surface area contributed by atoms with E-state index in [9.17, 15) is 0 Å². The molecular formula is C4H14N4. The van der Waals surface area contributed by atoms with E-state index in [2.05, 4.69) is 10.6 Å². The SMILES string of the molecule is CNC(N)(CN)NC. The molecule has 50 valence electrons. The summed E-state index contributed by atoms with van der Waals surface area (Å²) in [4.78, 5) is 0. The highest BCUT2D eigenvalue weighted by Gasteiger charge is 2.15. The molecule has 0 aliphatic rings. The largest absolute Gasteiger partial charge is 0.326 e. The summed E-state index contributed by atoms with van der Waals surface area (Å²) < 4.78 is 0. The first-order chi connectivity index (χ1) is 3.68. The molecule has 0 unspecified atom stereocenters. The van der Waals surface area contributed by atoms with E-state index in [0.29, 0.717) is 6.54 Å². The monoisotopic (exact) mass is 118 g/mol. The molecule has 4 heteroatoms. The van der Waals surface area contributed by atoms with Crippen molar-refractivity contribution in [2.75, 3.05) is 20.6 Å². The summed E-state index contributed by atoms with van der Waals surface area (Å²) in [6.45, 7) is 0.375. The van der Waals surface area contributed by atoms with Gasteiger partial charge in [-0.2, -0.15) is 0 Å². The van der Waals surface area contributed by atoms with Gasteiger partial charge in [0.1, 0.15) is 5.79 Å². The van der Waals surface area contributed by atoms with Gasteiger partial charge in [0.25, 0.3) is 0 Å². The quantitative estimate of drug-likeness (QED) is 0.323. The Hall–Kier alpha value is -0.160. The van der Waals surface area contributed by atoms with Crippen LogP contribution in [0.1, 0.15) is 0 Å². The van der Waals surface area contributed by atoms with Crippen molar-refractivity contribution < 1.29 is 0 Å². The fourth-order valence-electron chi connectivity index (χ4n) is 0.329. The molecule has 0 spiro atoms. The minimum absolute atomic E-state index is 0.375. The van der Waals surface area contributed by atoms with Crippen LogP contribution < -0.4 is 22.1 Å². The molecule has 0 heterocycles. The highest BCUT2D eigenvalue weighted by Crippen LogP contribution is 1.78. The molecule has 6 N–H and O–H groups in total. The van der Waals surface area contributed by atoms with Crippen LogP contribution in [-0.2, 0) is 0 Å². The van der Waals surface area contributed by atoms with Crippen LogP contribution in [0, 0.1) is 0 Å². The van der Waals surface area contributed by atoms with E-state index in [4.69, 9.17) is 11.5 Å². The second-order valence-electron chi connectivity index (χ2n) is 1.68. The van der Waals surface area contributed by atoms with Gasteiger partial charge >= 0.3 is 0 Å². The number of hydrogen-bond acceptors (Lipinski definition) is 4. The maximum Gasteiger partial charge on any atom is 0.133 e. The molecule has 0 fully saturated rings. The summed E-state index contributed by atoms with van der Waals surface area (Å²) in [7, 11) is 3.51. The molecule has 0 bridgehead atoms. The predicted molar refractivity (Wildman–Crippen MR) is 34.1 cm³/mol. The smallest absolute Gasteiger partial charge is 0.133 e. The van der Waals surface area contributed by atoms with E-state index >= 15 is 0 Å². The maximum atomic E-state index is 5.55. The van der Waals surface area contributed by atoms with Gasteiger partial charge in [-0.15, -0.1) is 0 Å². The summed E-state index contributed by atoms with van der Waals surface area (Å²) in [6.07, 6.45) is 0. The Morgan fingerprint density at radius 2 is 1.75 bits per heavy atom. The average molecular weight is 118 g/mol. The molecule has 0 atom stereocenters. The Bertz CT molecular complexity index is 50.8. The molecule has 0 saturated carbocycles. The molecule has 0 aromatic carbocycles. The Kier molecular flexibility index (Phi) is 2.93. The Morgan fingerprint density at radius 3 is 1.75 bits per heavy atom. The van der Waals surface area contributed by atoms with Gasteiger partial charge < -0.3 is 5.73 Å². The van der Waals surface area contributed by atoms with Crippen LogP contribution in [-0.4, -0.2) is 26.4 Å². The number of rotatable bonds is 3. The van der Waals surface area contributed by atoms with Gasteiger partial charge in [-0.3, -0.25) is 16.4 Å².